The predicted octanol–water partition coefficient (Wildman–Crippen LogP) is 0.797. The highest BCUT2D eigenvalue weighted by molar-refractivity contribution is 5.69. The van der Waals surface area contributed by atoms with Crippen LogP contribution < -0.4 is 5.73 Å². The molecule has 1 heterocycles. The van der Waals surface area contributed by atoms with Gasteiger partial charge in [-0.1, -0.05) is 0 Å². The van der Waals surface area contributed by atoms with E-state index in [1.807, 2.05) is 0 Å². The average molecular weight is 155 g/mol. The third-order valence-electron chi connectivity index (χ3n) is 1.33. The molecular weight excluding hydrogens is 146 g/mol. The molecule has 3 N–H and O–H groups in total. The van der Waals surface area contributed by atoms with Crippen LogP contribution in [0.3, 0.4) is 0 Å². The van der Waals surface area contributed by atoms with Crippen molar-refractivity contribution in [3.8, 4) is 0 Å². The number of carboxylic acids is 1. The first-order chi connectivity index (χ1) is 5.09. The van der Waals surface area contributed by atoms with E-state index in [0.717, 1.165) is 0 Å². The molecule has 0 radical (unpaired) electrons. The highest BCUT2D eigenvalue weighted by atomic mass is 16.4. The van der Waals surface area contributed by atoms with Crippen LogP contribution in [0, 0.1) is 6.92 Å². The Bertz CT molecular complexity index is 258. The van der Waals surface area contributed by atoms with Crippen LogP contribution in [0.15, 0.2) is 10.5 Å². The van der Waals surface area contributed by atoms with E-state index in [9.17, 15) is 4.79 Å². The molecule has 0 saturated carbocycles. The number of rotatable bonds is 2. The smallest absolute Gasteiger partial charge is 0.311 e. The Labute approximate surface area is 63.6 Å². The lowest BCUT2D eigenvalue weighted by atomic mass is 10.3. The summed E-state index contributed by atoms with van der Waals surface area (Å²) in [5, 5.41) is 8.37. The van der Waals surface area contributed by atoms with Gasteiger partial charge in [-0.15, -0.1) is 0 Å². The fourth-order valence-corrected chi connectivity index (χ4v) is 0.796. The second-order valence-electron chi connectivity index (χ2n) is 2.29. The van der Waals surface area contributed by atoms with Gasteiger partial charge in [-0.3, -0.25) is 4.79 Å². The van der Waals surface area contributed by atoms with Gasteiger partial charge >= 0.3 is 5.97 Å². The van der Waals surface area contributed by atoms with E-state index in [2.05, 4.69) is 0 Å². The Morgan fingerprint density at radius 1 is 1.82 bits per heavy atom. The normalized spacial score (nSPS) is 9.91. The molecule has 0 fully saturated rings. The molecule has 0 aliphatic heterocycles. The number of nitrogen functional groups attached to an aromatic ring is 1. The fourth-order valence-electron chi connectivity index (χ4n) is 0.796. The molecule has 0 amide bonds. The van der Waals surface area contributed by atoms with Crippen LogP contribution in [-0.4, -0.2) is 11.1 Å². The Morgan fingerprint density at radius 3 is 2.82 bits per heavy atom. The highest BCUT2D eigenvalue weighted by Gasteiger charge is 2.07. The summed E-state index contributed by atoms with van der Waals surface area (Å²) in [5.74, 6) is 0.0486. The van der Waals surface area contributed by atoms with E-state index in [0.29, 0.717) is 17.2 Å². The summed E-state index contributed by atoms with van der Waals surface area (Å²) in [6.45, 7) is 1.70. The van der Waals surface area contributed by atoms with Gasteiger partial charge in [-0.2, -0.15) is 0 Å². The van der Waals surface area contributed by atoms with Gasteiger partial charge < -0.3 is 15.3 Å². The first-order valence-electron chi connectivity index (χ1n) is 3.16. The summed E-state index contributed by atoms with van der Waals surface area (Å²) < 4.78 is 5.02. The number of carboxylic acid groups (broad SMARTS) is 1. The highest BCUT2D eigenvalue weighted by Crippen LogP contribution is 2.16. The summed E-state index contributed by atoms with van der Waals surface area (Å²) in [6.07, 6.45) is -0.113. The van der Waals surface area contributed by atoms with Gasteiger partial charge in [-0.05, 0) is 6.92 Å². The van der Waals surface area contributed by atoms with Crippen LogP contribution in [0.25, 0.3) is 0 Å². The van der Waals surface area contributed by atoms with Gasteiger partial charge in [0.25, 0.3) is 0 Å². The van der Waals surface area contributed by atoms with Gasteiger partial charge in [0.15, 0.2) is 0 Å². The van der Waals surface area contributed by atoms with Crippen LogP contribution in [-0.2, 0) is 11.2 Å². The molecule has 0 aliphatic rings. The molecule has 0 spiro atoms. The second-order valence-corrected chi connectivity index (χ2v) is 2.29. The van der Waals surface area contributed by atoms with E-state index in [4.69, 9.17) is 15.3 Å². The van der Waals surface area contributed by atoms with Crippen LogP contribution in [0.5, 0.6) is 0 Å². The SMILES string of the molecule is Cc1oc(CC(=O)O)cc1N. The van der Waals surface area contributed by atoms with E-state index in [1.165, 1.54) is 6.07 Å². The number of anilines is 1. The predicted molar refractivity (Wildman–Crippen MR) is 39.2 cm³/mol. The summed E-state index contributed by atoms with van der Waals surface area (Å²) in [5.41, 5.74) is 5.93. The zero-order chi connectivity index (χ0) is 8.43. The Kier molecular flexibility index (Phi) is 1.85. The average Bonchev–Trinajstić information content (AvgIpc) is 2.10. The van der Waals surface area contributed by atoms with Crippen LogP contribution in [0.4, 0.5) is 5.69 Å². The van der Waals surface area contributed by atoms with Crippen LogP contribution in [0.2, 0.25) is 0 Å². The Hall–Kier alpha value is -1.45. The largest absolute Gasteiger partial charge is 0.481 e. The third-order valence-corrected chi connectivity index (χ3v) is 1.33. The standard InChI is InChI=1S/C7H9NO3/c1-4-6(8)2-5(11-4)3-7(9)10/h2H,3,8H2,1H3,(H,9,10). The molecule has 1 aromatic heterocycles. The molecular formula is C7H9NO3. The van der Waals surface area contributed by atoms with Crippen LogP contribution >= 0.6 is 0 Å². The monoisotopic (exact) mass is 155 g/mol. The number of furan rings is 1. The molecule has 4 nitrogen and oxygen atoms in total. The zero-order valence-electron chi connectivity index (χ0n) is 6.13. The van der Waals surface area contributed by atoms with Crippen molar-refractivity contribution in [1.82, 2.24) is 0 Å². The number of nitrogens with two attached hydrogens (primary N) is 1. The fraction of sp³-hybridized carbons (Fsp3) is 0.286. The first-order valence-corrected chi connectivity index (χ1v) is 3.16. The molecule has 0 atom stereocenters. The number of hydrogen-bond donors (Lipinski definition) is 2. The molecule has 1 rings (SSSR count). The second kappa shape index (κ2) is 2.65. The Balaban J connectivity index is 2.81. The number of carbonyl (C=O) groups is 1. The van der Waals surface area contributed by atoms with Gasteiger partial charge in [0.05, 0.1) is 5.69 Å². The van der Waals surface area contributed by atoms with Crippen molar-refractivity contribution in [3.05, 3.63) is 17.6 Å². The van der Waals surface area contributed by atoms with E-state index >= 15 is 0 Å². The quantitative estimate of drug-likeness (QED) is 0.662. The maximum absolute atomic E-state index is 10.2. The molecule has 0 aliphatic carbocycles. The van der Waals surface area contributed by atoms with E-state index in [1.54, 1.807) is 6.92 Å². The third kappa shape index (κ3) is 1.73. The molecule has 60 valence electrons. The van der Waals surface area contributed by atoms with Crippen molar-refractivity contribution in [3.63, 3.8) is 0 Å². The Morgan fingerprint density at radius 2 is 2.45 bits per heavy atom. The molecule has 0 unspecified atom stereocenters. The van der Waals surface area contributed by atoms with Gasteiger partial charge in [0, 0.05) is 6.07 Å². The van der Waals surface area contributed by atoms with Gasteiger partial charge in [0.1, 0.15) is 17.9 Å². The van der Waals surface area contributed by atoms with Gasteiger partial charge in [0.2, 0.25) is 0 Å². The molecule has 0 saturated heterocycles. The molecule has 4 heteroatoms. The molecule has 11 heavy (non-hydrogen) atoms. The van der Waals surface area contributed by atoms with Crippen molar-refractivity contribution in [2.45, 2.75) is 13.3 Å². The molecule has 1 aromatic rings. The summed E-state index contributed by atoms with van der Waals surface area (Å²) >= 11 is 0. The van der Waals surface area contributed by atoms with E-state index < -0.39 is 5.97 Å². The number of aliphatic carboxylic acids is 1. The van der Waals surface area contributed by atoms with Crippen LogP contribution in [0.1, 0.15) is 11.5 Å². The van der Waals surface area contributed by atoms with Crippen molar-refractivity contribution >= 4 is 11.7 Å². The maximum atomic E-state index is 10.2. The lowest BCUT2D eigenvalue weighted by Gasteiger charge is -1.86. The number of hydrogen-bond acceptors (Lipinski definition) is 3. The van der Waals surface area contributed by atoms with Crippen molar-refractivity contribution in [2.75, 3.05) is 5.73 Å². The first kappa shape index (κ1) is 7.65. The van der Waals surface area contributed by atoms with Gasteiger partial charge in [-0.25, -0.2) is 0 Å². The topological polar surface area (TPSA) is 76.5 Å². The minimum absolute atomic E-state index is 0.113. The lowest BCUT2D eigenvalue weighted by Crippen LogP contribution is -1.97. The lowest BCUT2D eigenvalue weighted by molar-refractivity contribution is -0.136. The summed E-state index contributed by atoms with van der Waals surface area (Å²) in [6, 6.07) is 1.53. The molecule has 0 bridgehead atoms. The molecule has 0 aromatic carbocycles. The zero-order valence-corrected chi connectivity index (χ0v) is 6.13. The van der Waals surface area contributed by atoms with Crippen molar-refractivity contribution in [2.24, 2.45) is 0 Å². The number of aryl methyl sites for hydroxylation is 1. The van der Waals surface area contributed by atoms with E-state index in [-0.39, 0.29) is 6.42 Å². The maximum Gasteiger partial charge on any atom is 0.311 e. The summed E-state index contributed by atoms with van der Waals surface area (Å²) in [4.78, 5) is 10.2. The minimum Gasteiger partial charge on any atom is -0.481 e. The van der Waals surface area contributed by atoms with Crippen molar-refractivity contribution < 1.29 is 14.3 Å². The minimum atomic E-state index is -0.918. The summed E-state index contributed by atoms with van der Waals surface area (Å²) in [7, 11) is 0. The van der Waals surface area contributed by atoms with Crippen molar-refractivity contribution in [1.29, 1.82) is 0 Å².